The van der Waals surface area contributed by atoms with E-state index in [2.05, 4.69) is 17.4 Å². The summed E-state index contributed by atoms with van der Waals surface area (Å²) >= 11 is 0. The normalized spacial score (nSPS) is 11.1. The largest absolute Gasteiger partial charge is 0.461 e. The van der Waals surface area contributed by atoms with Gasteiger partial charge in [-0.25, -0.2) is 0 Å². The van der Waals surface area contributed by atoms with Gasteiger partial charge in [-0.05, 0) is 12.1 Å². The third kappa shape index (κ3) is 2.84. The molecule has 16 heavy (non-hydrogen) atoms. The second-order valence-electron chi connectivity index (χ2n) is 3.74. The topological polar surface area (TPSA) is 34.4 Å². The van der Waals surface area contributed by atoms with Gasteiger partial charge in [0.25, 0.3) is 0 Å². The third-order valence-electron chi connectivity index (χ3n) is 2.51. The van der Waals surface area contributed by atoms with Crippen molar-refractivity contribution in [1.29, 1.82) is 0 Å². The van der Waals surface area contributed by atoms with Crippen LogP contribution in [0.2, 0.25) is 0 Å². The van der Waals surface area contributed by atoms with E-state index in [0.717, 1.165) is 37.5 Å². The van der Waals surface area contributed by atoms with Crippen molar-refractivity contribution in [2.75, 3.05) is 26.8 Å². The summed E-state index contributed by atoms with van der Waals surface area (Å²) in [6, 6.07) is 10.2. The Bertz CT molecular complexity index is 403. The number of methoxy groups -OCH3 is 1. The smallest absolute Gasteiger partial charge is 0.134 e. The number of furan rings is 1. The molecular weight excluding hydrogens is 202 g/mol. The van der Waals surface area contributed by atoms with Gasteiger partial charge in [0.15, 0.2) is 0 Å². The summed E-state index contributed by atoms with van der Waals surface area (Å²) < 4.78 is 10.7. The summed E-state index contributed by atoms with van der Waals surface area (Å²) in [5.74, 6) is 1.03. The van der Waals surface area contributed by atoms with Gasteiger partial charge in [-0.3, -0.25) is 0 Å². The molecule has 0 radical (unpaired) electrons. The van der Waals surface area contributed by atoms with Crippen molar-refractivity contribution >= 4 is 11.0 Å². The molecule has 3 nitrogen and oxygen atoms in total. The predicted octanol–water partition coefficient (Wildman–Crippen LogP) is 2.21. The van der Waals surface area contributed by atoms with Gasteiger partial charge in [0.05, 0.1) is 6.61 Å². The average molecular weight is 219 g/mol. The number of hydrogen-bond acceptors (Lipinski definition) is 3. The van der Waals surface area contributed by atoms with Crippen LogP contribution in [-0.2, 0) is 11.2 Å². The van der Waals surface area contributed by atoms with Crippen molar-refractivity contribution in [3.05, 3.63) is 36.1 Å². The maximum absolute atomic E-state index is 5.70. The number of benzene rings is 1. The van der Waals surface area contributed by atoms with Gasteiger partial charge < -0.3 is 14.5 Å². The van der Waals surface area contributed by atoms with Gasteiger partial charge in [-0.15, -0.1) is 0 Å². The second-order valence-corrected chi connectivity index (χ2v) is 3.74. The number of fused-ring (bicyclic) bond motifs is 1. The van der Waals surface area contributed by atoms with E-state index in [4.69, 9.17) is 9.15 Å². The van der Waals surface area contributed by atoms with Gasteiger partial charge in [-0.1, -0.05) is 18.2 Å². The molecule has 0 aliphatic carbocycles. The summed E-state index contributed by atoms with van der Waals surface area (Å²) in [6.07, 6.45) is 0.915. The molecule has 0 unspecified atom stereocenters. The van der Waals surface area contributed by atoms with Crippen LogP contribution in [0.5, 0.6) is 0 Å². The first kappa shape index (κ1) is 11.2. The molecule has 2 rings (SSSR count). The van der Waals surface area contributed by atoms with E-state index in [0.29, 0.717) is 0 Å². The number of para-hydroxylation sites is 1. The Labute approximate surface area is 95.4 Å². The first-order valence-electron chi connectivity index (χ1n) is 5.57. The molecule has 0 saturated carbocycles. The van der Waals surface area contributed by atoms with Crippen molar-refractivity contribution in [2.24, 2.45) is 0 Å². The molecule has 1 aromatic carbocycles. The van der Waals surface area contributed by atoms with E-state index in [1.165, 1.54) is 5.39 Å². The Balaban J connectivity index is 1.85. The molecule has 0 amide bonds. The summed E-state index contributed by atoms with van der Waals surface area (Å²) in [7, 11) is 1.71. The lowest BCUT2D eigenvalue weighted by Crippen LogP contribution is -2.21. The third-order valence-corrected chi connectivity index (χ3v) is 2.51. The molecule has 0 bridgehead atoms. The minimum absolute atomic E-state index is 0.750. The van der Waals surface area contributed by atoms with Crippen molar-refractivity contribution in [2.45, 2.75) is 6.42 Å². The molecule has 3 heteroatoms. The van der Waals surface area contributed by atoms with Crippen LogP contribution in [0.3, 0.4) is 0 Å². The standard InChI is InChI=1S/C13H17NO2/c1-15-9-8-14-7-6-12-10-11-4-2-3-5-13(11)16-12/h2-5,10,14H,6-9H2,1H3. The Kier molecular flexibility index (Phi) is 3.97. The van der Waals surface area contributed by atoms with Gasteiger partial charge >= 0.3 is 0 Å². The molecule has 0 saturated heterocycles. The van der Waals surface area contributed by atoms with Crippen LogP contribution in [-0.4, -0.2) is 26.8 Å². The van der Waals surface area contributed by atoms with E-state index in [1.807, 2.05) is 18.2 Å². The van der Waals surface area contributed by atoms with E-state index >= 15 is 0 Å². The zero-order chi connectivity index (χ0) is 11.2. The van der Waals surface area contributed by atoms with Crippen molar-refractivity contribution < 1.29 is 9.15 Å². The quantitative estimate of drug-likeness (QED) is 0.756. The predicted molar refractivity (Wildman–Crippen MR) is 64.7 cm³/mol. The Morgan fingerprint density at radius 2 is 2.12 bits per heavy atom. The number of ether oxygens (including phenoxy) is 1. The minimum Gasteiger partial charge on any atom is -0.461 e. The highest BCUT2D eigenvalue weighted by Gasteiger charge is 2.01. The van der Waals surface area contributed by atoms with Crippen LogP contribution in [0.25, 0.3) is 11.0 Å². The van der Waals surface area contributed by atoms with Crippen molar-refractivity contribution in [3.8, 4) is 0 Å². The lowest BCUT2D eigenvalue weighted by Gasteiger charge is -2.01. The van der Waals surface area contributed by atoms with Gasteiger partial charge in [-0.2, -0.15) is 0 Å². The fourth-order valence-electron chi connectivity index (χ4n) is 1.67. The lowest BCUT2D eigenvalue weighted by atomic mass is 10.2. The monoisotopic (exact) mass is 219 g/mol. The average Bonchev–Trinajstić information content (AvgIpc) is 2.71. The van der Waals surface area contributed by atoms with E-state index in [-0.39, 0.29) is 0 Å². The van der Waals surface area contributed by atoms with Crippen LogP contribution in [0.1, 0.15) is 5.76 Å². The molecule has 0 spiro atoms. The molecule has 86 valence electrons. The van der Waals surface area contributed by atoms with E-state index < -0.39 is 0 Å². The summed E-state index contributed by atoms with van der Waals surface area (Å²) in [5, 5.41) is 4.47. The Morgan fingerprint density at radius 1 is 1.25 bits per heavy atom. The van der Waals surface area contributed by atoms with Gasteiger partial charge in [0.1, 0.15) is 11.3 Å². The molecule has 1 aromatic heterocycles. The van der Waals surface area contributed by atoms with E-state index in [9.17, 15) is 0 Å². The van der Waals surface area contributed by atoms with Crippen LogP contribution < -0.4 is 5.32 Å². The van der Waals surface area contributed by atoms with Crippen LogP contribution in [0.4, 0.5) is 0 Å². The molecule has 2 aromatic rings. The number of hydrogen-bond donors (Lipinski definition) is 1. The fourth-order valence-corrected chi connectivity index (χ4v) is 1.67. The minimum atomic E-state index is 0.750. The van der Waals surface area contributed by atoms with Crippen molar-refractivity contribution in [1.82, 2.24) is 5.32 Å². The Morgan fingerprint density at radius 3 is 2.94 bits per heavy atom. The van der Waals surface area contributed by atoms with Gasteiger partial charge in [0, 0.05) is 32.0 Å². The highest BCUT2D eigenvalue weighted by Crippen LogP contribution is 2.18. The molecule has 0 aliphatic rings. The molecule has 1 heterocycles. The highest BCUT2D eigenvalue weighted by molar-refractivity contribution is 5.77. The van der Waals surface area contributed by atoms with Crippen LogP contribution in [0, 0.1) is 0 Å². The molecule has 0 fully saturated rings. The summed E-state index contributed by atoms with van der Waals surface area (Å²) in [4.78, 5) is 0. The van der Waals surface area contributed by atoms with Gasteiger partial charge in [0.2, 0.25) is 0 Å². The van der Waals surface area contributed by atoms with Crippen LogP contribution in [0.15, 0.2) is 34.7 Å². The summed E-state index contributed by atoms with van der Waals surface area (Å²) in [6.45, 7) is 2.56. The highest BCUT2D eigenvalue weighted by atomic mass is 16.5. The van der Waals surface area contributed by atoms with Crippen molar-refractivity contribution in [3.63, 3.8) is 0 Å². The lowest BCUT2D eigenvalue weighted by molar-refractivity contribution is 0.199. The summed E-state index contributed by atoms with van der Waals surface area (Å²) in [5.41, 5.74) is 0.967. The fraction of sp³-hybridized carbons (Fsp3) is 0.385. The SMILES string of the molecule is COCCNCCc1cc2ccccc2o1. The first-order valence-corrected chi connectivity index (χ1v) is 5.57. The molecule has 1 N–H and O–H groups in total. The Hall–Kier alpha value is -1.32. The maximum atomic E-state index is 5.70. The second kappa shape index (κ2) is 5.68. The molecule has 0 atom stereocenters. The zero-order valence-corrected chi connectivity index (χ0v) is 9.53. The number of nitrogens with one attached hydrogen (secondary N) is 1. The van der Waals surface area contributed by atoms with E-state index in [1.54, 1.807) is 7.11 Å². The van der Waals surface area contributed by atoms with Crippen LogP contribution >= 0.6 is 0 Å². The number of rotatable bonds is 6. The molecule has 0 aliphatic heterocycles. The maximum Gasteiger partial charge on any atom is 0.134 e. The first-order chi connectivity index (χ1) is 7.90. The molecular formula is C13H17NO2. The zero-order valence-electron chi connectivity index (χ0n) is 9.53.